The molecule has 1 fully saturated rings. The van der Waals surface area contributed by atoms with E-state index in [-0.39, 0.29) is 16.8 Å². The average molecular weight is 445 g/mol. The number of benzene rings is 2. The molecule has 5 N–H and O–H groups in total. The van der Waals surface area contributed by atoms with E-state index in [1.165, 1.54) is 30.3 Å². The smallest absolute Gasteiger partial charge is 0.313 e. The van der Waals surface area contributed by atoms with Crippen molar-refractivity contribution in [2.75, 3.05) is 5.32 Å². The second-order valence-electron chi connectivity index (χ2n) is 7.54. The number of primary sulfonamides is 1. The van der Waals surface area contributed by atoms with Crippen LogP contribution >= 0.6 is 0 Å². The van der Waals surface area contributed by atoms with Gasteiger partial charge in [0.2, 0.25) is 10.0 Å². The Balaban J connectivity index is 1.63. The van der Waals surface area contributed by atoms with Crippen molar-refractivity contribution in [2.24, 2.45) is 5.14 Å². The van der Waals surface area contributed by atoms with Crippen LogP contribution in [0, 0.1) is 6.92 Å². The number of nitrogens with two attached hydrogens (primary N) is 1. The maximum atomic E-state index is 12.4. The van der Waals surface area contributed by atoms with Crippen molar-refractivity contribution in [1.82, 2.24) is 10.6 Å². The summed E-state index contributed by atoms with van der Waals surface area (Å²) in [6, 6.07) is 10.2. The Kier molecular flexibility index (Phi) is 6.42. The summed E-state index contributed by atoms with van der Waals surface area (Å²) >= 11 is 0. The van der Waals surface area contributed by atoms with Gasteiger partial charge in [0.05, 0.1) is 10.9 Å². The van der Waals surface area contributed by atoms with Crippen LogP contribution < -0.4 is 21.1 Å². The van der Waals surface area contributed by atoms with Crippen LogP contribution in [0.1, 0.15) is 47.3 Å². The SMILES string of the molecule is Cc1ccc(C(=O)NC2CC2)cc1NC(=O)C(=O)NC(C)c1ccc(S(N)(=O)=O)cc1. The highest BCUT2D eigenvalue weighted by atomic mass is 32.2. The first-order valence-corrected chi connectivity index (χ1v) is 11.3. The van der Waals surface area contributed by atoms with Gasteiger partial charge in [-0.3, -0.25) is 14.4 Å². The van der Waals surface area contributed by atoms with Crippen molar-refractivity contribution in [2.45, 2.75) is 43.7 Å². The summed E-state index contributed by atoms with van der Waals surface area (Å²) < 4.78 is 22.7. The highest BCUT2D eigenvalue weighted by molar-refractivity contribution is 7.89. The van der Waals surface area contributed by atoms with Gasteiger partial charge in [-0.1, -0.05) is 18.2 Å². The molecule has 0 heterocycles. The number of sulfonamides is 1. The van der Waals surface area contributed by atoms with Crippen LogP contribution in [-0.2, 0) is 19.6 Å². The van der Waals surface area contributed by atoms with E-state index in [9.17, 15) is 22.8 Å². The number of hydrogen-bond acceptors (Lipinski definition) is 5. The monoisotopic (exact) mass is 444 g/mol. The molecule has 1 saturated carbocycles. The van der Waals surface area contributed by atoms with Gasteiger partial charge in [-0.05, 0) is 62.1 Å². The molecule has 0 bridgehead atoms. The normalized spacial score (nSPS) is 14.4. The molecule has 10 heteroatoms. The summed E-state index contributed by atoms with van der Waals surface area (Å²) in [5.74, 6) is -1.97. The highest BCUT2D eigenvalue weighted by Gasteiger charge is 2.24. The molecule has 0 aromatic heterocycles. The van der Waals surface area contributed by atoms with Crippen LogP contribution in [0.25, 0.3) is 0 Å². The Morgan fingerprint density at radius 1 is 1.03 bits per heavy atom. The van der Waals surface area contributed by atoms with Crippen molar-refractivity contribution in [3.8, 4) is 0 Å². The topological polar surface area (TPSA) is 147 Å². The lowest BCUT2D eigenvalue weighted by molar-refractivity contribution is -0.136. The van der Waals surface area contributed by atoms with E-state index in [2.05, 4.69) is 16.0 Å². The summed E-state index contributed by atoms with van der Waals surface area (Å²) in [7, 11) is -3.81. The fourth-order valence-corrected chi connectivity index (χ4v) is 3.38. The van der Waals surface area contributed by atoms with Gasteiger partial charge in [0.15, 0.2) is 0 Å². The van der Waals surface area contributed by atoms with Gasteiger partial charge in [0.25, 0.3) is 5.91 Å². The number of nitrogens with one attached hydrogen (secondary N) is 3. The second-order valence-corrected chi connectivity index (χ2v) is 9.10. The van der Waals surface area contributed by atoms with Crippen molar-refractivity contribution in [3.05, 3.63) is 59.2 Å². The van der Waals surface area contributed by atoms with E-state index in [0.29, 0.717) is 22.4 Å². The van der Waals surface area contributed by atoms with E-state index in [1.807, 2.05) is 0 Å². The largest absolute Gasteiger partial charge is 0.349 e. The lowest BCUT2D eigenvalue weighted by atomic mass is 10.1. The number of aryl methyl sites for hydroxylation is 1. The molecule has 2 aromatic rings. The molecule has 0 radical (unpaired) electrons. The standard InChI is InChI=1S/C21H24N4O5S/c1-12-3-4-15(19(26)24-16-7-8-16)11-18(12)25-21(28)20(27)23-13(2)14-5-9-17(10-6-14)31(22,29)30/h3-6,9-11,13,16H,7-8H2,1-2H3,(H,23,27)(H,24,26)(H,25,28)(H2,22,29,30). The first-order chi connectivity index (χ1) is 14.5. The number of hydrogen-bond donors (Lipinski definition) is 4. The van der Waals surface area contributed by atoms with Gasteiger partial charge in [0.1, 0.15) is 0 Å². The van der Waals surface area contributed by atoms with Gasteiger partial charge in [-0.15, -0.1) is 0 Å². The molecular formula is C21H24N4O5S. The maximum Gasteiger partial charge on any atom is 0.313 e. The van der Waals surface area contributed by atoms with Crippen molar-refractivity contribution in [1.29, 1.82) is 0 Å². The molecule has 3 amide bonds. The van der Waals surface area contributed by atoms with E-state index in [0.717, 1.165) is 12.8 Å². The fraction of sp³-hybridized carbons (Fsp3) is 0.286. The van der Waals surface area contributed by atoms with Gasteiger partial charge in [-0.25, -0.2) is 13.6 Å². The summed E-state index contributed by atoms with van der Waals surface area (Å²) in [6.07, 6.45) is 1.93. The van der Waals surface area contributed by atoms with Gasteiger partial charge in [0, 0.05) is 17.3 Å². The van der Waals surface area contributed by atoms with Crippen LogP contribution in [0.15, 0.2) is 47.4 Å². The van der Waals surface area contributed by atoms with Crippen molar-refractivity contribution in [3.63, 3.8) is 0 Å². The van der Waals surface area contributed by atoms with Crippen molar-refractivity contribution < 1.29 is 22.8 Å². The molecule has 31 heavy (non-hydrogen) atoms. The molecule has 9 nitrogen and oxygen atoms in total. The summed E-state index contributed by atoms with van der Waals surface area (Å²) in [4.78, 5) is 36.9. The molecule has 0 spiro atoms. The molecule has 1 atom stereocenters. The third kappa shape index (κ3) is 5.89. The number of rotatable bonds is 6. The zero-order valence-electron chi connectivity index (χ0n) is 17.1. The number of amides is 3. The Hall–Kier alpha value is -3.24. The molecule has 1 aliphatic carbocycles. The number of carbonyl (C=O) groups excluding carboxylic acids is 3. The Labute approximate surface area is 180 Å². The van der Waals surface area contributed by atoms with Crippen LogP contribution in [0.4, 0.5) is 5.69 Å². The Bertz CT molecular complexity index is 1120. The van der Waals surface area contributed by atoms with E-state index in [4.69, 9.17) is 5.14 Å². The minimum Gasteiger partial charge on any atom is -0.349 e. The predicted octanol–water partition coefficient (Wildman–Crippen LogP) is 1.35. The van der Waals surface area contributed by atoms with Crippen LogP contribution in [0.3, 0.4) is 0 Å². The minimum absolute atomic E-state index is 0.0476. The third-order valence-corrected chi connectivity index (χ3v) is 5.85. The van der Waals surface area contributed by atoms with Crippen molar-refractivity contribution >= 4 is 33.4 Å². The zero-order chi connectivity index (χ0) is 22.8. The molecule has 0 aliphatic heterocycles. The molecule has 3 rings (SSSR count). The molecule has 2 aromatic carbocycles. The first kappa shape index (κ1) is 22.4. The number of anilines is 1. The molecular weight excluding hydrogens is 420 g/mol. The lowest BCUT2D eigenvalue weighted by Gasteiger charge is -2.15. The molecule has 1 aliphatic rings. The summed E-state index contributed by atoms with van der Waals surface area (Å²) in [5.41, 5.74) is 2.07. The lowest BCUT2D eigenvalue weighted by Crippen LogP contribution is -2.37. The van der Waals surface area contributed by atoms with E-state index < -0.39 is 27.9 Å². The average Bonchev–Trinajstić information content (AvgIpc) is 3.52. The van der Waals surface area contributed by atoms with Crippen LogP contribution in [0.5, 0.6) is 0 Å². The van der Waals surface area contributed by atoms with Gasteiger partial charge in [-0.2, -0.15) is 0 Å². The van der Waals surface area contributed by atoms with E-state index in [1.54, 1.807) is 26.0 Å². The van der Waals surface area contributed by atoms with Gasteiger partial charge >= 0.3 is 11.8 Å². The Morgan fingerprint density at radius 2 is 1.68 bits per heavy atom. The summed E-state index contributed by atoms with van der Waals surface area (Å²) in [6.45, 7) is 3.41. The first-order valence-electron chi connectivity index (χ1n) is 9.70. The summed E-state index contributed by atoms with van der Waals surface area (Å²) in [5, 5.41) is 13.0. The predicted molar refractivity (Wildman–Crippen MR) is 115 cm³/mol. The molecule has 164 valence electrons. The molecule has 0 saturated heterocycles. The van der Waals surface area contributed by atoms with Crippen LogP contribution in [-0.4, -0.2) is 32.2 Å². The third-order valence-electron chi connectivity index (χ3n) is 4.92. The van der Waals surface area contributed by atoms with E-state index >= 15 is 0 Å². The fourth-order valence-electron chi connectivity index (χ4n) is 2.87. The zero-order valence-corrected chi connectivity index (χ0v) is 18.0. The highest BCUT2D eigenvalue weighted by Crippen LogP contribution is 2.21. The number of carbonyl (C=O) groups is 3. The van der Waals surface area contributed by atoms with Gasteiger partial charge < -0.3 is 16.0 Å². The minimum atomic E-state index is -3.81. The second kappa shape index (κ2) is 8.86. The van der Waals surface area contributed by atoms with Crippen LogP contribution in [0.2, 0.25) is 0 Å². The molecule has 1 unspecified atom stereocenters. The Morgan fingerprint density at radius 3 is 2.26 bits per heavy atom. The quantitative estimate of drug-likeness (QED) is 0.497. The maximum absolute atomic E-state index is 12.4.